The van der Waals surface area contributed by atoms with Crippen LogP contribution >= 0.6 is 11.6 Å². The van der Waals surface area contributed by atoms with Crippen molar-refractivity contribution in [2.45, 2.75) is 38.1 Å². The van der Waals surface area contributed by atoms with E-state index < -0.39 is 0 Å². The van der Waals surface area contributed by atoms with Crippen molar-refractivity contribution < 1.29 is 4.79 Å². The maximum absolute atomic E-state index is 12.3. The van der Waals surface area contributed by atoms with Crippen molar-refractivity contribution in [2.75, 3.05) is 0 Å². The fraction of sp³-hybridized carbons (Fsp3) is 0.316. The number of carbonyl (C=O) groups excluding carboxylic acids is 1. The summed E-state index contributed by atoms with van der Waals surface area (Å²) in [6.45, 7) is 0. The van der Waals surface area contributed by atoms with E-state index in [1.54, 1.807) is 35.3 Å². The quantitative estimate of drug-likeness (QED) is 0.669. The van der Waals surface area contributed by atoms with Crippen molar-refractivity contribution in [1.29, 1.82) is 5.26 Å². The molecule has 25 heavy (non-hydrogen) atoms. The number of halogens is 1. The molecule has 1 saturated carbocycles. The summed E-state index contributed by atoms with van der Waals surface area (Å²) in [6.07, 6.45) is 10.4. The number of carbonyl (C=O) groups is 1. The van der Waals surface area contributed by atoms with Gasteiger partial charge in [0.1, 0.15) is 11.6 Å². The molecule has 0 unspecified atom stereocenters. The lowest BCUT2D eigenvalue weighted by atomic mass is 9.95. The first-order chi connectivity index (χ1) is 12.2. The SMILES string of the molecule is N#CC(=Cc1cnn(-c2ccc(Cl)cc2)c1)C(=O)NC1CCCCC1. The maximum atomic E-state index is 12.3. The van der Waals surface area contributed by atoms with Gasteiger partial charge in [-0.3, -0.25) is 4.79 Å². The van der Waals surface area contributed by atoms with Gasteiger partial charge in [0, 0.05) is 22.8 Å². The highest BCUT2D eigenvalue weighted by Gasteiger charge is 2.18. The van der Waals surface area contributed by atoms with E-state index in [1.807, 2.05) is 18.2 Å². The fourth-order valence-corrected chi connectivity index (χ4v) is 3.10. The van der Waals surface area contributed by atoms with Crippen molar-refractivity contribution in [2.24, 2.45) is 0 Å². The number of hydrogen-bond donors (Lipinski definition) is 1. The number of rotatable bonds is 4. The Labute approximate surface area is 151 Å². The van der Waals surface area contributed by atoms with Gasteiger partial charge in [-0.05, 0) is 43.2 Å². The molecule has 6 heteroatoms. The van der Waals surface area contributed by atoms with E-state index in [9.17, 15) is 10.1 Å². The fourth-order valence-electron chi connectivity index (χ4n) is 2.97. The van der Waals surface area contributed by atoms with Crippen LogP contribution in [0.4, 0.5) is 0 Å². The zero-order chi connectivity index (χ0) is 17.6. The highest BCUT2D eigenvalue weighted by molar-refractivity contribution is 6.30. The minimum atomic E-state index is -0.311. The van der Waals surface area contributed by atoms with Crippen molar-refractivity contribution in [1.82, 2.24) is 15.1 Å². The van der Waals surface area contributed by atoms with Crippen LogP contribution in [0.15, 0.2) is 42.2 Å². The van der Waals surface area contributed by atoms with E-state index in [-0.39, 0.29) is 17.5 Å². The van der Waals surface area contributed by atoms with Crippen LogP contribution < -0.4 is 5.32 Å². The molecule has 1 amide bonds. The third kappa shape index (κ3) is 4.49. The van der Waals surface area contributed by atoms with E-state index >= 15 is 0 Å². The van der Waals surface area contributed by atoms with E-state index in [4.69, 9.17) is 11.6 Å². The van der Waals surface area contributed by atoms with Crippen LogP contribution in [0.5, 0.6) is 0 Å². The van der Waals surface area contributed by atoms with E-state index in [1.165, 1.54) is 6.42 Å². The monoisotopic (exact) mass is 354 g/mol. The van der Waals surface area contributed by atoms with Crippen LogP contribution in [0.2, 0.25) is 5.02 Å². The molecule has 0 radical (unpaired) electrons. The summed E-state index contributed by atoms with van der Waals surface area (Å²) in [5.74, 6) is -0.311. The smallest absolute Gasteiger partial charge is 0.262 e. The minimum absolute atomic E-state index is 0.0984. The molecule has 1 aliphatic carbocycles. The lowest BCUT2D eigenvalue weighted by molar-refractivity contribution is -0.117. The zero-order valence-corrected chi connectivity index (χ0v) is 14.5. The minimum Gasteiger partial charge on any atom is -0.349 e. The van der Waals surface area contributed by atoms with Gasteiger partial charge in [0.25, 0.3) is 5.91 Å². The van der Waals surface area contributed by atoms with Gasteiger partial charge in [-0.25, -0.2) is 4.68 Å². The standard InChI is InChI=1S/C19H19ClN4O/c20-16-6-8-18(9-7-16)24-13-14(12-22-24)10-15(11-21)19(25)23-17-4-2-1-3-5-17/h6-10,12-13,17H,1-5H2,(H,23,25). The maximum Gasteiger partial charge on any atom is 0.262 e. The Balaban J connectivity index is 1.72. The van der Waals surface area contributed by atoms with Crippen LogP contribution in [0, 0.1) is 11.3 Å². The van der Waals surface area contributed by atoms with E-state index in [2.05, 4.69) is 10.4 Å². The second kappa shape index (κ2) is 8.00. The molecule has 1 fully saturated rings. The molecule has 0 spiro atoms. The molecule has 128 valence electrons. The average molecular weight is 355 g/mol. The Hall–Kier alpha value is -2.58. The van der Waals surface area contributed by atoms with Gasteiger partial charge >= 0.3 is 0 Å². The zero-order valence-electron chi connectivity index (χ0n) is 13.8. The number of hydrogen-bond acceptors (Lipinski definition) is 3. The predicted octanol–water partition coefficient (Wildman–Crippen LogP) is 3.88. The number of aromatic nitrogens is 2. The normalized spacial score (nSPS) is 15.6. The van der Waals surface area contributed by atoms with E-state index in [0.717, 1.165) is 31.4 Å². The van der Waals surface area contributed by atoms with Crippen molar-refractivity contribution >= 4 is 23.6 Å². The molecule has 0 aliphatic heterocycles. The molecular formula is C19H19ClN4O. The van der Waals surface area contributed by atoms with Crippen LogP contribution in [-0.2, 0) is 4.79 Å². The van der Waals surface area contributed by atoms with Crippen LogP contribution in [0.25, 0.3) is 11.8 Å². The van der Waals surface area contributed by atoms with Gasteiger partial charge in [-0.1, -0.05) is 30.9 Å². The summed E-state index contributed by atoms with van der Waals surface area (Å²) < 4.78 is 1.68. The van der Waals surface area contributed by atoms with Crippen molar-refractivity contribution in [3.05, 3.63) is 52.8 Å². The largest absolute Gasteiger partial charge is 0.349 e. The van der Waals surface area contributed by atoms with Crippen molar-refractivity contribution in [3.63, 3.8) is 0 Å². The van der Waals surface area contributed by atoms with Gasteiger partial charge in [0.2, 0.25) is 0 Å². The highest BCUT2D eigenvalue weighted by Crippen LogP contribution is 2.18. The lowest BCUT2D eigenvalue weighted by Gasteiger charge is -2.22. The highest BCUT2D eigenvalue weighted by atomic mass is 35.5. The molecule has 0 atom stereocenters. The summed E-state index contributed by atoms with van der Waals surface area (Å²) in [5.41, 5.74) is 1.65. The topological polar surface area (TPSA) is 70.7 Å². The average Bonchev–Trinajstić information content (AvgIpc) is 3.09. The molecule has 1 heterocycles. The van der Waals surface area contributed by atoms with Crippen LogP contribution in [-0.4, -0.2) is 21.7 Å². The van der Waals surface area contributed by atoms with Gasteiger partial charge in [0.15, 0.2) is 0 Å². The molecule has 0 saturated heterocycles. The van der Waals surface area contributed by atoms with Gasteiger partial charge in [-0.15, -0.1) is 0 Å². The van der Waals surface area contributed by atoms with E-state index in [0.29, 0.717) is 10.6 Å². The molecular weight excluding hydrogens is 336 g/mol. The van der Waals surface area contributed by atoms with Crippen LogP contribution in [0.3, 0.4) is 0 Å². The Morgan fingerprint density at radius 3 is 2.68 bits per heavy atom. The first-order valence-electron chi connectivity index (χ1n) is 8.39. The van der Waals surface area contributed by atoms with Crippen molar-refractivity contribution in [3.8, 4) is 11.8 Å². The Morgan fingerprint density at radius 1 is 1.28 bits per heavy atom. The number of amides is 1. The second-order valence-electron chi connectivity index (χ2n) is 6.17. The third-order valence-corrected chi connectivity index (χ3v) is 4.56. The third-order valence-electron chi connectivity index (χ3n) is 4.31. The lowest BCUT2D eigenvalue weighted by Crippen LogP contribution is -2.36. The summed E-state index contributed by atoms with van der Waals surface area (Å²) >= 11 is 5.89. The Bertz CT molecular complexity index is 811. The first-order valence-corrected chi connectivity index (χ1v) is 8.77. The van der Waals surface area contributed by atoms with Crippen LogP contribution in [0.1, 0.15) is 37.7 Å². The summed E-state index contributed by atoms with van der Waals surface area (Å²) in [6, 6.07) is 9.44. The van der Waals surface area contributed by atoms with Gasteiger partial charge < -0.3 is 5.32 Å². The molecule has 1 aromatic carbocycles. The first kappa shape index (κ1) is 17.2. The molecule has 1 aliphatic rings. The molecule has 5 nitrogen and oxygen atoms in total. The molecule has 2 aromatic rings. The predicted molar refractivity (Wildman–Crippen MR) is 97.2 cm³/mol. The number of nitrogens with zero attached hydrogens (tertiary/aromatic N) is 3. The summed E-state index contributed by atoms with van der Waals surface area (Å²) in [5, 5.41) is 17.2. The number of benzene rings is 1. The number of nitriles is 1. The molecule has 0 bridgehead atoms. The molecule has 1 N–H and O–H groups in total. The summed E-state index contributed by atoms with van der Waals surface area (Å²) in [4.78, 5) is 12.3. The molecule has 1 aromatic heterocycles. The molecule has 3 rings (SSSR count). The van der Waals surface area contributed by atoms with Gasteiger partial charge in [0.05, 0.1) is 11.9 Å². The second-order valence-corrected chi connectivity index (χ2v) is 6.61. The summed E-state index contributed by atoms with van der Waals surface area (Å²) in [7, 11) is 0. The Kier molecular flexibility index (Phi) is 5.52. The van der Waals surface area contributed by atoms with Gasteiger partial charge in [-0.2, -0.15) is 10.4 Å². The Morgan fingerprint density at radius 2 is 2.00 bits per heavy atom. The number of nitrogens with one attached hydrogen (secondary N) is 1.